The zero-order chi connectivity index (χ0) is 7.07. The van der Waals surface area contributed by atoms with Gasteiger partial charge in [0.25, 0.3) is 0 Å². The predicted molar refractivity (Wildman–Crippen MR) is 38.7 cm³/mol. The van der Waals surface area contributed by atoms with Crippen molar-refractivity contribution < 1.29 is 0 Å². The van der Waals surface area contributed by atoms with Crippen molar-refractivity contribution in [2.75, 3.05) is 0 Å². The molecule has 2 nitrogen and oxygen atoms in total. The zero-order valence-corrected chi connectivity index (χ0v) is 6.65. The van der Waals surface area contributed by atoms with Crippen LogP contribution in [0.5, 0.6) is 0 Å². The molecule has 1 aliphatic heterocycles. The van der Waals surface area contributed by atoms with Gasteiger partial charge in [0.15, 0.2) is 0 Å². The third kappa shape index (κ3) is 0.970. The van der Waals surface area contributed by atoms with Crippen LogP contribution < -0.4 is 10.9 Å². The highest BCUT2D eigenvalue weighted by molar-refractivity contribution is 4.99. The summed E-state index contributed by atoms with van der Waals surface area (Å²) < 4.78 is 0. The van der Waals surface area contributed by atoms with Crippen molar-refractivity contribution in [2.24, 2.45) is 11.8 Å². The molecule has 1 fully saturated rings. The summed E-state index contributed by atoms with van der Waals surface area (Å²) in [5, 5.41) is 0. The fraction of sp³-hybridized carbons (Fsp3) is 1.00. The van der Waals surface area contributed by atoms with E-state index >= 15 is 0 Å². The Bertz CT molecular complexity index is 93.5. The van der Waals surface area contributed by atoms with Gasteiger partial charge in [0.2, 0.25) is 0 Å². The average Bonchev–Trinajstić information content (AvgIpc) is 2.40. The van der Waals surface area contributed by atoms with Gasteiger partial charge in [-0.15, -0.1) is 0 Å². The Morgan fingerprint density at radius 2 is 1.22 bits per heavy atom. The van der Waals surface area contributed by atoms with Crippen molar-refractivity contribution in [3.05, 3.63) is 0 Å². The number of hydrogen-bond donors (Lipinski definition) is 2. The molecule has 0 spiro atoms. The molecule has 1 rings (SSSR count). The Kier molecular flexibility index (Phi) is 1.53. The summed E-state index contributed by atoms with van der Waals surface area (Å²) in [4.78, 5) is 0. The van der Waals surface area contributed by atoms with Crippen LogP contribution >= 0.6 is 0 Å². The van der Waals surface area contributed by atoms with Crippen molar-refractivity contribution in [1.82, 2.24) is 10.9 Å². The van der Waals surface area contributed by atoms with Crippen LogP contribution in [0.25, 0.3) is 0 Å². The summed E-state index contributed by atoms with van der Waals surface area (Å²) in [7, 11) is 0. The lowest BCUT2D eigenvalue weighted by molar-refractivity contribution is 0.333. The minimum Gasteiger partial charge on any atom is -0.235 e. The van der Waals surface area contributed by atoms with Crippen molar-refractivity contribution in [3.63, 3.8) is 0 Å². The number of hydrazine groups is 1. The van der Waals surface area contributed by atoms with Crippen LogP contribution in [0.3, 0.4) is 0 Å². The van der Waals surface area contributed by atoms with E-state index in [4.69, 9.17) is 0 Å². The van der Waals surface area contributed by atoms with Crippen LogP contribution in [-0.2, 0) is 0 Å². The van der Waals surface area contributed by atoms with E-state index in [0.717, 1.165) is 0 Å². The molecule has 0 aromatic rings. The highest BCUT2D eigenvalue weighted by atomic mass is 15.7. The van der Waals surface area contributed by atoms with Gasteiger partial charge in [-0.25, -0.2) is 10.9 Å². The fourth-order valence-corrected chi connectivity index (χ4v) is 1.32. The lowest BCUT2D eigenvalue weighted by Crippen LogP contribution is -2.31. The third-order valence-corrected chi connectivity index (χ3v) is 2.24. The molecule has 0 radical (unpaired) electrons. The SMILES string of the molecule is CC(C)C1(C(C)C)NN1. The molecule has 0 bridgehead atoms. The van der Waals surface area contributed by atoms with Gasteiger partial charge in [0.05, 0.1) is 5.66 Å². The van der Waals surface area contributed by atoms with Crippen LogP contribution in [-0.4, -0.2) is 5.66 Å². The van der Waals surface area contributed by atoms with E-state index in [0.29, 0.717) is 11.8 Å². The normalized spacial score (nSPS) is 23.3. The van der Waals surface area contributed by atoms with Crippen LogP contribution in [0.15, 0.2) is 0 Å². The molecule has 0 saturated carbocycles. The molecule has 2 heteroatoms. The molecule has 1 aliphatic rings. The molecule has 0 unspecified atom stereocenters. The van der Waals surface area contributed by atoms with E-state index in [1.807, 2.05) is 0 Å². The molecule has 2 N–H and O–H groups in total. The first kappa shape index (κ1) is 7.03. The monoisotopic (exact) mass is 128 g/mol. The highest BCUT2D eigenvalue weighted by Gasteiger charge is 2.47. The van der Waals surface area contributed by atoms with Crippen LogP contribution in [0, 0.1) is 11.8 Å². The zero-order valence-electron chi connectivity index (χ0n) is 6.65. The summed E-state index contributed by atoms with van der Waals surface area (Å²) in [5.74, 6) is 1.36. The second kappa shape index (κ2) is 1.96. The van der Waals surface area contributed by atoms with Gasteiger partial charge < -0.3 is 0 Å². The Labute approximate surface area is 57.0 Å². The molecule has 0 aromatic carbocycles. The maximum Gasteiger partial charge on any atom is 0.0988 e. The first-order chi connectivity index (χ1) is 4.09. The minimum absolute atomic E-state index is 0.250. The largest absolute Gasteiger partial charge is 0.235 e. The van der Waals surface area contributed by atoms with Gasteiger partial charge in [0.1, 0.15) is 0 Å². The maximum absolute atomic E-state index is 3.20. The molecular formula is C7H16N2. The standard InChI is InChI=1S/C7H16N2/c1-5(2)7(6(3)4)8-9-7/h5-6,8-9H,1-4H3. The predicted octanol–water partition coefficient (Wildman–Crippen LogP) is 1.10. The van der Waals surface area contributed by atoms with Crippen molar-refractivity contribution >= 4 is 0 Å². The molecule has 1 heterocycles. The van der Waals surface area contributed by atoms with Crippen molar-refractivity contribution in [2.45, 2.75) is 33.4 Å². The van der Waals surface area contributed by atoms with Gasteiger partial charge in [0, 0.05) is 0 Å². The minimum atomic E-state index is 0.250. The Hall–Kier alpha value is -0.0800. The number of hydrogen-bond acceptors (Lipinski definition) is 2. The van der Waals surface area contributed by atoms with E-state index in [1.54, 1.807) is 0 Å². The van der Waals surface area contributed by atoms with Crippen molar-refractivity contribution in [3.8, 4) is 0 Å². The summed E-state index contributed by atoms with van der Waals surface area (Å²) >= 11 is 0. The first-order valence-corrected chi connectivity index (χ1v) is 3.64. The summed E-state index contributed by atoms with van der Waals surface area (Å²) in [6.45, 7) is 8.92. The first-order valence-electron chi connectivity index (χ1n) is 3.64. The average molecular weight is 128 g/mol. The molecule has 0 aromatic heterocycles. The smallest absolute Gasteiger partial charge is 0.0988 e. The molecule has 9 heavy (non-hydrogen) atoms. The molecule has 0 aliphatic carbocycles. The Balaban J connectivity index is 2.52. The Morgan fingerprint density at radius 1 is 0.889 bits per heavy atom. The lowest BCUT2D eigenvalue weighted by atomic mass is 9.90. The quantitative estimate of drug-likeness (QED) is 0.547. The van der Waals surface area contributed by atoms with Gasteiger partial charge in [-0.05, 0) is 11.8 Å². The number of nitrogens with one attached hydrogen (secondary N) is 2. The molecule has 0 atom stereocenters. The van der Waals surface area contributed by atoms with E-state index < -0.39 is 0 Å². The molecule has 54 valence electrons. The van der Waals surface area contributed by atoms with Gasteiger partial charge in [-0.3, -0.25) is 0 Å². The lowest BCUT2D eigenvalue weighted by Gasteiger charge is -2.19. The third-order valence-electron chi connectivity index (χ3n) is 2.24. The van der Waals surface area contributed by atoms with Gasteiger partial charge in [-0.2, -0.15) is 0 Å². The fourth-order valence-electron chi connectivity index (χ4n) is 1.32. The summed E-state index contributed by atoms with van der Waals surface area (Å²) in [6, 6.07) is 0. The topological polar surface area (TPSA) is 43.9 Å². The highest BCUT2D eigenvalue weighted by Crippen LogP contribution is 2.29. The van der Waals surface area contributed by atoms with E-state index in [-0.39, 0.29) is 5.66 Å². The summed E-state index contributed by atoms with van der Waals surface area (Å²) in [5.41, 5.74) is 6.64. The molecule has 1 saturated heterocycles. The molecule has 0 amide bonds. The van der Waals surface area contributed by atoms with Crippen LogP contribution in [0.1, 0.15) is 27.7 Å². The maximum atomic E-state index is 3.20. The summed E-state index contributed by atoms with van der Waals surface area (Å²) in [6.07, 6.45) is 0. The van der Waals surface area contributed by atoms with E-state index in [1.165, 1.54) is 0 Å². The van der Waals surface area contributed by atoms with E-state index in [9.17, 15) is 0 Å². The van der Waals surface area contributed by atoms with Crippen LogP contribution in [0.2, 0.25) is 0 Å². The van der Waals surface area contributed by atoms with Gasteiger partial charge >= 0.3 is 0 Å². The van der Waals surface area contributed by atoms with Gasteiger partial charge in [-0.1, -0.05) is 27.7 Å². The molecular weight excluding hydrogens is 112 g/mol. The second-order valence-electron chi connectivity index (χ2n) is 3.43. The van der Waals surface area contributed by atoms with Crippen LogP contribution in [0.4, 0.5) is 0 Å². The second-order valence-corrected chi connectivity index (χ2v) is 3.43. The Morgan fingerprint density at radius 3 is 1.22 bits per heavy atom. The van der Waals surface area contributed by atoms with E-state index in [2.05, 4.69) is 38.5 Å². The number of rotatable bonds is 2. The van der Waals surface area contributed by atoms with Crippen molar-refractivity contribution in [1.29, 1.82) is 0 Å².